The molecule has 1 saturated heterocycles. The molecule has 0 aliphatic carbocycles. The van der Waals surface area contributed by atoms with Gasteiger partial charge in [-0.25, -0.2) is 9.59 Å². The lowest BCUT2D eigenvalue weighted by Gasteiger charge is -2.25. The average Bonchev–Trinajstić information content (AvgIpc) is 3.22. The predicted octanol–water partition coefficient (Wildman–Crippen LogP) is 2.93. The van der Waals surface area contributed by atoms with Crippen LogP contribution in [0.5, 0.6) is 0 Å². The quantitative estimate of drug-likeness (QED) is 0.744. The van der Waals surface area contributed by atoms with Crippen LogP contribution in [0.15, 0.2) is 60.7 Å². The molecule has 0 unspecified atom stereocenters. The highest BCUT2D eigenvalue weighted by atomic mass is 16.6. The van der Waals surface area contributed by atoms with E-state index in [0.29, 0.717) is 6.54 Å². The second-order valence-corrected chi connectivity index (χ2v) is 6.83. The van der Waals surface area contributed by atoms with Crippen molar-refractivity contribution in [3.8, 4) is 0 Å². The van der Waals surface area contributed by atoms with Gasteiger partial charge in [-0.15, -0.1) is 0 Å². The van der Waals surface area contributed by atoms with Crippen LogP contribution in [0.1, 0.15) is 24.0 Å². The molecule has 0 saturated carbocycles. The molecule has 2 aromatic rings. The summed E-state index contributed by atoms with van der Waals surface area (Å²) in [6.45, 7) is 0.517. The summed E-state index contributed by atoms with van der Waals surface area (Å²) in [4.78, 5) is 26.7. The molecule has 148 valence electrons. The highest BCUT2D eigenvalue weighted by Gasteiger charge is 2.33. The van der Waals surface area contributed by atoms with Gasteiger partial charge >= 0.3 is 12.1 Å². The van der Waals surface area contributed by atoms with E-state index < -0.39 is 18.2 Å². The number of aliphatic hydroxyl groups excluding tert-OH is 1. The van der Waals surface area contributed by atoms with Gasteiger partial charge in [0.05, 0.1) is 12.6 Å². The van der Waals surface area contributed by atoms with Gasteiger partial charge in [-0.3, -0.25) is 0 Å². The van der Waals surface area contributed by atoms with Crippen molar-refractivity contribution in [1.82, 2.24) is 4.90 Å². The number of ether oxygens (including phenoxy) is 2. The SMILES string of the molecule is O=C(OCc1ccccc1)[C@H](Cc1ccccc1)OC(=O)N1CCC[C@H]1CO. The van der Waals surface area contributed by atoms with E-state index in [-0.39, 0.29) is 25.7 Å². The van der Waals surface area contributed by atoms with E-state index in [9.17, 15) is 14.7 Å². The van der Waals surface area contributed by atoms with Gasteiger partial charge < -0.3 is 19.5 Å². The van der Waals surface area contributed by atoms with Crippen LogP contribution in [-0.4, -0.2) is 47.4 Å². The standard InChI is InChI=1S/C22H25NO5/c24-15-19-12-7-13-23(19)22(26)28-20(14-17-8-3-1-4-9-17)21(25)27-16-18-10-5-2-6-11-18/h1-6,8-11,19-20,24H,7,12-16H2/t19-,20-/m0/s1. The Bertz CT molecular complexity index is 765. The summed E-state index contributed by atoms with van der Waals surface area (Å²) in [6.07, 6.45) is 0.139. The first kappa shape index (κ1) is 19.9. The maximum atomic E-state index is 12.7. The van der Waals surface area contributed by atoms with Crippen molar-refractivity contribution in [2.75, 3.05) is 13.2 Å². The van der Waals surface area contributed by atoms with Gasteiger partial charge in [0, 0.05) is 13.0 Å². The Morgan fingerprint density at radius 2 is 1.68 bits per heavy atom. The van der Waals surface area contributed by atoms with Gasteiger partial charge in [0.2, 0.25) is 6.10 Å². The largest absolute Gasteiger partial charge is 0.458 e. The molecule has 1 N–H and O–H groups in total. The summed E-state index contributed by atoms with van der Waals surface area (Å²) in [5.74, 6) is -0.583. The van der Waals surface area contributed by atoms with E-state index in [1.807, 2.05) is 60.7 Å². The average molecular weight is 383 g/mol. The van der Waals surface area contributed by atoms with Crippen molar-refractivity contribution in [1.29, 1.82) is 0 Å². The van der Waals surface area contributed by atoms with Gasteiger partial charge in [-0.2, -0.15) is 0 Å². The number of amides is 1. The summed E-state index contributed by atoms with van der Waals surface area (Å²) in [5, 5.41) is 9.43. The third-order valence-electron chi connectivity index (χ3n) is 4.82. The minimum Gasteiger partial charge on any atom is -0.458 e. The van der Waals surface area contributed by atoms with Crippen LogP contribution < -0.4 is 0 Å². The monoisotopic (exact) mass is 383 g/mol. The van der Waals surface area contributed by atoms with Crippen molar-refractivity contribution in [3.63, 3.8) is 0 Å². The van der Waals surface area contributed by atoms with Crippen LogP contribution in [0.4, 0.5) is 4.79 Å². The van der Waals surface area contributed by atoms with Crippen molar-refractivity contribution in [3.05, 3.63) is 71.8 Å². The molecular formula is C22H25NO5. The van der Waals surface area contributed by atoms with Crippen molar-refractivity contribution < 1.29 is 24.2 Å². The minimum absolute atomic E-state index is 0.114. The zero-order valence-electron chi connectivity index (χ0n) is 15.7. The lowest BCUT2D eigenvalue weighted by Crippen LogP contribution is -2.42. The van der Waals surface area contributed by atoms with Crippen molar-refractivity contribution in [2.45, 2.75) is 38.0 Å². The third kappa shape index (κ3) is 5.33. The maximum Gasteiger partial charge on any atom is 0.410 e. The summed E-state index contributed by atoms with van der Waals surface area (Å²) in [6, 6.07) is 18.5. The van der Waals surface area contributed by atoms with Crippen molar-refractivity contribution >= 4 is 12.1 Å². The lowest BCUT2D eigenvalue weighted by molar-refractivity contribution is -0.155. The first-order chi connectivity index (χ1) is 13.7. The fourth-order valence-corrected chi connectivity index (χ4v) is 3.28. The van der Waals surface area contributed by atoms with E-state index in [4.69, 9.17) is 9.47 Å². The number of aliphatic hydroxyl groups is 1. The Morgan fingerprint density at radius 1 is 1.04 bits per heavy atom. The zero-order chi connectivity index (χ0) is 19.8. The normalized spacial score (nSPS) is 17.2. The van der Waals surface area contributed by atoms with Crippen LogP contribution in [0, 0.1) is 0 Å². The number of rotatable bonds is 7. The summed E-state index contributed by atoms with van der Waals surface area (Å²) >= 11 is 0. The zero-order valence-corrected chi connectivity index (χ0v) is 15.7. The first-order valence-electron chi connectivity index (χ1n) is 9.50. The summed E-state index contributed by atoms with van der Waals surface area (Å²) in [7, 11) is 0. The van der Waals surface area contributed by atoms with Crippen LogP contribution in [-0.2, 0) is 27.3 Å². The summed E-state index contributed by atoms with van der Waals surface area (Å²) in [5.41, 5.74) is 1.73. The molecular weight excluding hydrogens is 358 g/mol. The number of likely N-dealkylation sites (tertiary alicyclic amines) is 1. The van der Waals surface area contributed by atoms with Gasteiger partial charge in [-0.1, -0.05) is 60.7 Å². The van der Waals surface area contributed by atoms with Gasteiger partial charge in [0.1, 0.15) is 6.61 Å². The van der Waals surface area contributed by atoms with E-state index >= 15 is 0 Å². The Balaban J connectivity index is 1.67. The highest BCUT2D eigenvalue weighted by molar-refractivity contribution is 5.79. The van der Waals surface area contributed by atoms with Gasteiger partial charge in [0.25, 0.3) is 0 Å². The molecule has 0 bridgehead atoms. The molecule has 0 spiro atoms. The Hall–Kier alpha value is -2.86. The van der Waals surface area contributed by atoms with Crippen LogP contribution in [0.2, 0.25) is 0 Å². The molecule has 1 aliphatic rings. The molecule has 0 aromatic heterocycles. The Labute approximate surface area is 164 Å². The molecule has 2 atom stereocenters. The van der Waals surface area contributed by atoms with Crippen LogP contribution >= 0.6 is 0 Å². The fourth-order valence-electron chi connectivity index (χ4n) is 3.28. The third-order valence-corrected chi connectivity index (χ3v) is 4.82. The van der Waals surface area contributed by atoms with Gasteiger partial charge in [-0.05, 0) is 24.0 Å². The lowest BCUT2D eigenvalue weighted by atomic mass is 10.1. The van der Waals surface area contributed by atoms with Crippen LogP contribution in [0.3, 0.4) is 0 Å². The molecule has 1 heterocycles. The van der Waals surface area contributed by atoms with E-state index in [0.717, 1.165) is 24.0 Å². The summed E-state index contributed by atoms with van der Waals surface area (Å²) < 4.78 is 10.9. The maximum absolute atomic E-state index is 12.7. The number of carbonyl (C=O) groups is 2. The Kier molecular flexibility index (Phi) is 7.03. The van der Waals surface area contributed by atoms with Crippen molar-refractivity contribution in [2.24, 2.45) is 0 Å². The Morgan fingerprint density at radius 3 is 2.32 bits per heavy atom. The number of nitrogens with zero attached hydrogens (tertiary/aromatic N) is 1. The number of benzene rings is 2. The highest BCUT2D eigenvalue weighted by Crippen LogP contribution is 2.19. The predicted molar refractivity (Wildman–Crippen MR) is 103 cm³/mol. The topological polar surface area (TPSA) is 76.1 Å². The van der Waals surface area contributed by atoms with Gasteiger partial charge in [0.15, 0.2) is 0 Å². The van der Waals surface area contributed by atoms with Crippen LogP contribution in [0.25, 0.3) is 0 Å². The number of carbonyl (C=O) groups excluding carboxylic acids is 2. The first-order valence-corrected chi connectivity index (χ1v) is 9.50. The number of esters is 1. The second kappa shape index (κ2) is 9.90. The molecule has 1 amide bonds. The number of hydrogen-bond donors (Lipinski definition) is 1. The van der Waals surface area contributed by atoms with E-state index in [1.54, 1.807) is 0 Å². The minimum atomic E-state index is -1.04. The fraction of sp³-hybridized carbons (Fsp3) is 0.364. The molecule has 2 aromatic carbocycles. The van der Waals surface area contributed by atoms with E-state index in [1.165, 1.54) is 4.90 Å². The molecule has 3 rings (SSSR count). The molecule has 28 heavy (non-hydrogen) atoms. The molecule has 0 radical (unpaired) electrons. The molecule has 1 fully saturated rings. The number of hydrogen-bond acceptors (Lipinski definition) is 5. The molecule has 6 heteroatoms. The smallest absolute Gasteiger partial charge is 0.410 e. The second-order valence-electron chi connectivity index (χ2n) is 6.83. The molecule has 1 aliphatic heterocycles. The van der Waals surface area contributed by atoms with E-state index in [2.05, 4.69) is 0 Å². The molecule has 6 nitrogen and oxygen atoms in total.